The number of carbonyl (C=O) groups is 1. The van der Waals surface area contributed by atoms with E-state index in [0.29, 0.717) is 11.4 Å². The summed E-state index contributed by atoms with van der Waals surface area (Å²) in [6.07, 6.45) is 3.81. The molecule has 2 unspecified atom stereocenters. The van der Waals surface area contributed by atoms with Crippen LogP contribution in [-0.2, 0) is 10.4 Å². The highest BCUT2D eigenvalue weighted by atomic mass is 16.5. The maximum absolute atomic E-state index is 11.6. The number of hydrogen-bond donors (Lipinski definition) is 4. The number of methoxy groups -OCH3 is 1. The van der Waals surface area contributed by atoms with Crippen LogP contribution in [0.1, 0.15) is 5.56 Å². The van der Waals surface area contributed by atoms with Gasteiger partial charge >= 0.3 is 0 Å². The summed E-state index contributed by atoms with van der Waals surface area (Å²) >= 11 is 0. The number of anilines is 1. The third kappa shape index (κ3) is 2.21. The van der Waals surface area contributed by atoms with Gasteiger partial charge in [-0.2, -0.15) is 0 Å². The number of aliphatic hydroxyl groups is 2. The van der Waals surface area contributed by atoms with Crippen LogP contribution in [0, 0.1) is 5.92 Å². The van der Waals surface area contributed by atoms with Gasteiger partial charge in [-0.3, -0.25) is 4.79 Å². The number of nitrogens with two attached hydrogens (primary N) is 2. The molecule has 2 atom stereocenters. The van der Waals surface area contributed by atoms with E-state index >= 15 is 0 Å². The topological polar surface area (TPSA) is 119 Å². The van der Waals surface area contributed by atoms with Crippen molar-refractivity contribution >= 4 is 11.6 Å². The van der Waals surface area contributed by atoms with Gasteiger partial charge in [-0.15, -0.1) is 0 Å². The van der Waals surface area contributed by atoms with E-state index in [1.165, 1.54) is 25.3 Å². The molecule has 1 aliphatic rings. The van der Waals surface area contributed by atoms with Crippen molar-refractivity contribution in [3.05, 3.63) is 47.7 Å². The Hall–Kier alpha value is -2.47. The van der Waals surface area contributed by atoms with E-state index < -0.39 is 17.4 Å². The first-order chi connectivity index (χ1) is 9.38. The van der Waals surface area contributed by atoms with Gasteiger partial charge < -0.3 is 26.4 Å². The maximum Gasteiger partial charge on any atom is 0.227 e. The van der Waals surface area contributed by atoms with Crippen molar-refractivity contribution in [2.45, 2.75) is 5.60 Å². The van der Waals surface area contributed by atoms with Crippen LogP contribution >= 0.6 is 0 Å². The fourth-order valence-corrected chi connectivity index (χ4v) is 2.30. The molecule has 1 aromatic carbocycles. The second kappa shape index (κ2) is 4.90. The van der Waals surface area contributed by atoms with E-state index in [-0.39, 0.29) is 11.3 Å². The van der Waals surface area contributed by atoms with E-state index in [9.17, 15) is 15.0 Å². The highest BCUT2D eigenvalue weighted by Gasteiger charge is 2.43. The van der Waals surface area contributed by atoms with Gasteiger partial charge in [0, 0.05) is 11.3 Å². The minimum atomic E-state index is -1.81. The Morgan fingerprint density at radius 3 is 2.75 bits per heavy atom. The van der Waals surface area contributed by atoms with Gasteiger partial charge in [0.05, 0.1) is 13.0 Å². The second-order valence-electron chi connectivity index (χ2n) is 4.59. The summed E-state index contributed by atoms with van der Waals surface area (Å²) in [5.41, 5.74) is 9.88. The Labute approximate surface area is 116 Å². The van der Waals surface area contributed by atoms with Crippen molar-refractivity contribution < 1.29 is 19.7 Å². The van der Waals surface area contributed by atoms with E-state index in [4.69, 9.17) is 16.2 Å². The lowest BCUT2D eigenvalue weighted by molar-refractivity contribution is -0.126. The molecular weight excluding hydrogens is 260 g/mol. The summed E-state index contributed by atoms with van der Waals surface area (Å²) in [7, 11) is 1.43. The molecule has 0 aliphatic heterocycles. The average Bonchev–Trinajstić information content (AvgIpc) is 2.38. The first-order valence-corrected chi connectivity index (χ1v) is 5.94. The minimum Gasteiger partial charge on any atom is -0.508 e. The molecule has 0 aromatic heterocycles. The molecule has 0 saturated carbocycles. The fourth-order valence-electron chi connectivity index (χ4n) is 2.30. The van der Waals surface area contributed by atoms with Gasteiger partial charge in [0.25, 0.3) is 0 Å². The summed E-state index contributed by atoms with van der Waals surface area (Å²) in [6, 6.07) is 4.66. The second-order valence-corrected chi connectivity index (χ2v) is 4.59. The Morgan fingerprint density at radius 2 is 2.15 bits per heavy atom. The molecule has 20 heavy (non-hydrogen) atoms. The van der Waals surface area contributed by atoms with Crippen LogP contribution in [0.25, 0.3) is 0 Å². The van der Waals surface area contributed by atoms with Gasteiger partial charge in [0.1, 0.15) is 17.1 Å². The Kier molecular flexibility index (Phi) is 3.42. The summed E-state index contributed by atoms with van der Waals surface area (Å²) in [5, 5.41) is 20.5. The summed E-state index contributed by atoms with van der Waals surface area (Å²) in [5.74, 6) is -1.59. The molecule has 0 heterocycles. The normalized spacial score (nSPS) is 25.1. The van der Waals surface area contributed by atoms with Gasteiger partial charge in [-0.05, 0) is 30.4 Å². The van der Waals surface area contributed by atoms with Crippen LogP contribution in [-0.4, -0.2) is 23.2 Å². The zero-order chi connectivity index (χ0) is 14.9. The van der Waals surface area contributed by atoms with Crippen LogP contribution < -0.4 is 16.2 Å². The maximum atomic E-state index is 11.6. The van der Waals surface area contributed by atoms with E-state index in [1.54, 1.807) is 12.1 Å². The predicted molar refractivity (Wildman–Crippen MR) is 73.8 cm³/mol. The van der Waals surface area contributed by atoms with E-state index in [2.05, 4.69) is 0 Å². The smallest absolute Gasteiger partial charge is 0.227 e. The van der Waals surface area contributed by atoms with Crippen LogP contribution in [0.3, 0.4) is 0 Å². The van der Waals surface area contributed by atoms with E-state index in [0.717, 1.165) is 6.08 Å². The summed E-state index contributed by atoms with van der Waals surface area (Å²) in [6.45, 7) is 0. The van der Waals surface area contributed by atoms with Crippen molar-refractivity contribution in [1.82, 2.24) is 0 Å². The molecule has 0 saturated heterocycles. The fraction of sp³-hybridized carbons (Fsp3) is 0.214. The highest BCUT2D eigenvalue weighted by molar-refractivity contribution is 5.81. The van der Waals surface area contributed by atoms with Crippen molar-refractivity contribution in [2.75, 3.05) is 12.8 Å². The van der Waals surface area contributed by atoms with Crippen molar-refractivity contribution in [3.63, 3.8) is 0 Å². The third-order valence-corrected chi connectivity index (χ3v) is 3.26. The van der Waals surface area contributed by atoms with Gasteiger partial charge in [0.2, 0.25) is 5.91 Å². The highest BCUT2D eigenvalue weighted by Crippen LogP contribution is 2.41. The predicted octanol–water partition coefficient (Wildman–Crippen LogP) is 0.578. The lowest BCUT2D eigenvalue weighted by Gasteiger charge is -2.33. The lowest BCUT2D eigenvalue weighted by atomic mass is 9.77. The van der Waals surface area contributed by atoms with Gasteiger partial charge in [-0.1, -0.05) is 6.08 Å². The SMILES string of the molecule is COc1ccc(N)cc1C1(O)C=C(O)C=CC1C(N)=O. The minimum absolute atomic E-state index is 0.172. The van der Waals surface area contributed by atoms with Crippen LogP contribution in [0.4, 0.5) is 5.69 Å². The number of primary amides is 1. The zero-order valence-electron chi connectivity index (χ0n) is 10.9. The van der Waals surface area contributed by atoms with E-state index in [1.807, 2.05) is 0 Å². The molecule has 2 rings (SSSR count). The van der Waals surface area contributed by atoms with Crippen molar-refractivity contribution in [1.29, 1.82) is 0 Å². The molecule has 1 amide bonds. The number of ether oxygens (including phenoxy) is 1. The molecule has 0 spiro atoms. The van der Waals surface area contributed by atoms with Crippen LogP contribution in [0.2, 0.25) is 0 Å². The molecule has 106 valence electrons. The van der Waals surface area contributed by atoms with Gasteiger partial charge in [-0.25, -0.2) is 0 Å². The molecule has 0 fully saturated rings. The number of rotatable bonds is 3. The number of benzene rings is 1. The van der Waals surface area contributed by atoms with Crippen molar-refractivity contribution in [2.24, 2.45) is 11.7 Å². The standard InChI is InChI=1S/C14H16N2O4/c1-20-12-5-2-8(15)6-11(12)14(19)7-9(17)3-4-10(14)13(16)18/h2-7,10,17,19H,15H2,1H3,(H2,16,18). The molecule has 0 bridgehead atoms. The number of nitrogen functional groups attached to an aromatic ring is 1. The number of amides is 1. The van der Waals surface area contributed by atoms with Crippen LogP contribution in [0.5, 0.6) is 5.75 Å². The number of aliphatic hydroxyl groups excluding tert-OH is 1. The van der Waals surface area contributed by atoms with Gasteiger partial charge in [0.15, 0.2) is 0 Å². The molecule has 0 radical (unpaired) electrons. The number of allylic oxidation sites excluding steroid dienone is 1. The Bertz CT molecular complexity index is 609. The monoisotopic (exact) mass is 276 g/mol. The Morgan fingerprint density at radius 1 is 1.45 bits per heavy atom. The first kappa shape index (κ1) is 14.0. The summed E-state index contributed by atoms with van der Waals surface area (Å²) in [4.78, 5) is 11.6. The number of hydrogen-bond acceptors (Lipinski definition) is 5. The summed E-state index contributed by atoms with van der Waals surface area (Å²) < 4.78 is 5.18. The lowest BCUT2D eigenvalue weighted by Crippen LogP contribution is -2.42. The zero-order valence-corrected chi connectivity index (χ0v) is 10.9. The first-order valence-electron chi connectivity index (χ1n) is 5.94. The molecule has 6 nitrogen and oxygen atoms in total. The largest absolute Gasteiger partial charge is 0.508 e. The molecule has 1 aliphatic carbocycles. The number of carbonyl (C=O) groups excluding carboxylic acids is 1. The third-order valence-electron chi connectivity index (χ3n) is 3.26. The van der Waals surface area contributed by atoms with Crippen LogP contribution in [0.15, 0.2) is 42.2 Å². The molecule has 6 N–H and O–H groups in total. The quantitative estimate of drug-likeness (QED) is 0.602. The molecular formula is C14H16N2O4. The van der Waals surface area contributed by atoms with Crippen molar-refractivity contribution in [3.8, 4) is 5.75 Å². The molecule has 6 heteroatoms. The Balaban J connectivity index is 2.65. The molecule has 1 aromatic rings. The average molecular weight is 276 g/mol.